The van der Waals surface area contributed by atoms with Gasteiger partial charge in [-0.1, -0.05) is 0 Å². The molecular weight excluding hydrogens is 480 g/mol. The van der Waals surface area contributed by atoms with Crippen LogP contribution >= 0.6 is 31.9 Å². The Morgan fingerprint density at radius 2 is 1.67 bits per heavy atom. The number of nitrogens with zero attached hydrogens (tertiary/aromatic N) is 3. The molecule has 2 aliphatic rings. The quantitative estimate of drug-likeness (QED) is 0.208. The van der Waals surface area contributed by atoms with E-state index in [9.17, 15) is 15.3 Å². The van der Waals surface area contributed by atoms with Crippen molar-refractivity contribution in [3.05, 3.63) is 59.2 Å². The Morgan fingerprint density at radius 3 is 2.37 bits per heavy atom. The average Bonchev–Trinajstić information content (AvgIpc) is 2.65. The Morgan fingerprint density at radius 1 is 1.04 bits per heavy atom. The highest BCUT2D eigenvalue weighted by Gasteiger charge is 2.29. The van der Waals surface area contributed by atoms with E-state index in [1.165, 1.54) is 30.2 Å². The third-order valence-corrected chi connectivity index (χ3v) is 5.90. The lowest BCUT2D eigenvalue weighted by atomic mass is 9.95. The summed E-state index contributed by atoms with van der Waals surface area (Å²) in [5.74, 6) is 0. The molecule has 0 fully saturated rings. The molecule has 0 radical (unpaired) electrons. The number of anilines is 1. The topological polar surface area (TPSA) is 109 Å². The highest BCUT2D eigenvalue weighted by Crippen LogP contribution is 2.29. The average molecular weight is 500 g/mol. The molecule has 0 saturated heterocycles. The first-order chi connectivity index (χ1) is 12.9. The lowest BCUT2D eigenvalue weighted by Crippen LogP contribution is -2.36. The van der Waals surface area contributed by atoms with Crippen LogP contribution in [0.5, 0.6) is 0 Å². The van der Waals surface area contributed by atoms with Crippen molar-refractivity contribution in [2.24, 2.45) is 0 Å². The van der Waals surface area contributed by atoms with Gasteiger partial charge < -0.3 is 10.9 Å². The fourth-order valence-corrected chi connectivity index (χ4v) is 4.53. The lowest BCUT2D eigenvalue weighted by molar-refractivity contribution is -0.627. The summed E-state index contributed by atoms with van der Waals surface area (Å²) in [4.78, 5) is 14.8. The summed E-state index contributed by atoms with van der Waals surface area (Å²) in [5.41, 5.74) is 10.4. The molecule has 7 nitrogen and oxygen atoms in total. The van der Waals surface area contributed by atoms with Gasteiger partial charge in [0.15, 0.2) is 0 Å². The molecule has 0 unspecified atom stereocenters. The van der Waals surface area contributed by atoms with Gasteiger partial charge in [-0.2, -0.15) is 4.73 Å². The number of hydrogen-bond donors (Lipinski definition) is 1. The summed E-state index contributed by atoms with van der Waals surface area (Å²) >= 11 is 6.39. The maximum atomic E-state index is 11.6. The van der Waals surface area contributed by atoms with Crippen LogP contribution in [0.15, 0.2) is 21.3 Å². The minimum Gasteiger partial charge on any atom is -0.618 e. The van der Waals surface area contributed by atoms with Crippen molar-refractivity contribution in [1.29, 1.82) is 0 Å². The summed E-state index contributed by atoms with van der Waals surface area (Å²) in [5, 5.41) is 22.4. The van der Waals surface area contributed by atoms with Crippen LogP contribution in [0.2, 0.25) is 0 Å². The van der Waals surface area contributed by atoms with E-state index in [2.05, 4.69) is 36.8 Å². The third-order valence-electron chi connectivity index (χ3n) is 4.94. The van der Waals surface area contributed by atoms with Crippen molar-refractivity contribution in [2.45, 2.75) is 51.4 Å². The Balaban J connectivity index is 0.000000159. The monoisotopic (exact) mass is 498 g/mol. The number of rotatable bonds is 1. The van der Waals surface area contributed by atoms with E-state index in [1.54, 1.807) is 0 Å². The third kappa shape index (κ3) is 4.40. The Kier molecular flexibility index (Phi) is 6.31. The molecule has 2 aliphatic carbocycles. The Hall–Kier alpha value is -1.74. The molecule has 2 aromatic rings. The number of nitro groups is 1. The molecule has 0 bridgehead atoms. The first kappa shape index (κ1) is 20.0. The van der Waals surface area contributed by atoms with Crippen LogP contribution in [0, 0.1) is 15.3 Å². The zero-order valence-corrected chi connectivity index (χ0v) is 17.9. The predicted octanol–water partition coefficient (Wildman–Crippen LogP) is 4.17. The fraction of sp³-hybridized carbons (Fsp3) is 0.444. The van der Waals surface area contributed by atoms with Crippen LogP contribution in [0.3, 0.4) is 0 Å². The van der Waals surface area contributed by atoms with Crippen LogP contribution in [-0.4, -0.2) is 9.91 Å². The molecule has 0 aromatic carbocycles. The van der Waals surface area contributed by atoms with Gasteiger partial charge in [-0.15, -0.1) is 0 Å². The first-order valence-electron chi connectivity index (χ1n) is 8.90. The van der Waals surface area contributed by atoms with Crippen molar-refractivity contribution in [3.8, 4) is 0 Å². The minimum absolute atomic E-state index is 0.0590. The zero-order valence-electron chi connectivity index (χ0n) is 14.7. The summed E-state index contributed by atoms with van der Waals surface area (Å²) in [6.07, 6.45) is 7.76. The second kappa shape index (κ2) is 8.52. The number of nitrogen functional groups attached to an aromatic ring is 1. The van der Waals surface area contributed by atoms with Crippen LogP contribution < -0.4 is 10.5 Å². The van der Waals surface area contributed by atoms with Crippen molar-refractivity contribution >= 4 is 43.2 Å². The van der Waals surface area contributed by atoms with E-state index >= 15 is 0 Å². The van der Waals surface area contributed by atoms with E-state index in [-0.39, 0.29) is 10.3 Å². The molecule has 144 valence electrons. The number of pyridine rings is 2. The molecule has 2 N–H and O–H groups in total. The highest BCUT2D eigenvalue weighted by molar-refractivity contribution is 9.10. The number of aromatic nitrogens is 2. The predicted molar refractivity (Wildman–Crippen MR) is 109 cm³/mol. The summed E-state index contributed by atoms with van der Waals surface area (Å²) in [6, 6.07) is 3.18. The van der Waals surface area contributed by atoms with Gasteiger partial charge in [-0.05, 0) is 72.5 Å². The maximum Gasteiger partial charge on any atom is 0.286 e. The Labute approximate surface area is 174 Å². The number of halogens is 2. The Bertz CT molecular complexity index is 890. The highest BCUT2D eigenvalue weighted by atomic mass is 79.9. The van der Waals surface area contributed by atoms with Crippen LogP contribution in [0.25, 0.3) is 0 Å². The molecule has 0 amide bonds. The number of fused-ring (bicyclic) bond motifs is 2. The molecule has 0 atom stereocenters. The summed E-state index contributed by atoms with van der Waals surface area (Å²) in [7, 11) is 0. The number of hydrogen-bond acceptors (Lipinski definition) is 5. The van der Waals surface area contributed by atoms with Gasteiger partial charge in [0.05, 0.1) is 16.6 Å². The fourth-order valence-electron chi connectivity index (χ4n) is 3.64. The number of nitrogens with two attached hydrogens (primary N) is 1. The van der Waals surface area contributed by atoms with Gasteiger partial charge in [-0.25, -0.2) is 4.98 Å². The second-order valence-corrected chi connectivity index (χ2v) is 8.33. The van der Waals surface area contributed by atoms with E-state index in [0.29, 0.717) is 24.1 Å². The molecule has 4 rings (SSSR count). The van der Waals surface area contributed by atoms with Crippen molar-refractivity contribution in [1.82, 2.24) is 4.98 Å². The van der Waals surface area contributed by atoms with Crippen LogP contribution in [0.4, 0.5) is 11.4 Å². The SMILES string of the molecule is Nc1cc(Br)nc2c1CCCC2.O=[N+]([O-])c1cc(Br)[n+]([O-])c2c1CCCC2. The van der Waals surface area contributed by atoms with E-state index in [4.69, 9.17) is 5.73 Å². The second-order valence-electron chi connectivity index (χ2n) is 6.70. The largest absolute Gasteiger partial charge is 0.618 e. The smallest absolute Gasteiger partial charge is 0.286 e. The molecule has 0 aliphatic heterocycles. The van der Waals surface area contributed by atoms with Gasteiger partial charge in [0, 0.05) is 33.7 Å². The van der Waals surface area contributed by atoms with Crippen LogP contribution in [-0.2, 0) is 25.7 Å². The molecule has 2 heterocycles. The first-order valence-corrected chi connectivity index (χ1v) is 10.5. The van der Waals surface area contributed by atoms with Gasteiger partial charge in [0.1, 0.15) is 4.60 Å². The van der Waals surface area contributed by atoms with E-state index in [0.717, 1.165) is 40.7 Å². The van der Waals surface area contributed by atoms with Crippen molar-refractivity contribution in [2.75, 3.05) is 5.73 Å². The molecule has 27 heavy (non-hydrogen) atoms. The van der Waals surface area contributed by atoms with Gasteiger partial charge in [0.2, 0.25) is 5.69 Å². The van der Waals surface area contributed by atoms with E-state index in [1.807, 2.05) is 6.07 Å². The maximum absolute atomic E-state index is 11.6. The zero-order chi connectivity index (χ0) is 19.6. The molecule has 0 spiro atoms. The number of aryl methyl sites for hydroxylation is 1. The van der Waals surface area contributed by atoms with E-state index < -0.39 is 4.92 Å². The molecule has 0 saturated carbocycles. The van der Waals surface area contributed by atoms with Crippen molar-refractivity contribution in [3.63, 3.8) is 0 Å². The normalized spacial score (nSPS) is 15.2. The van der Waals surface area contributed by atoms with Crippen LogP contribution in [0.1, 0.15) is 48.2 Å². The van der Waals surface area contributed by atoms with Crippen molar-refractivity contribution < 1.29 is 9.65 Å². The van der Waals surface area contributed by atoms with Gasteiger partial charge in [-0.3, -0.25) is 10.1 Å². The molecule has 2 aromatic heterocycles. The minimum atomic E-state index is -0.422. The summed E-state index contributed by atoms with van der Waals surface area (Å²) < 4.78 is 1.83. The molecule has 9 heteroatoms. The summed E-state index contributed by atoms with van der Waals surface area (Å²) in [6.45, 7) is 0. The van der Waals surface area contributed by atoms with Gasteiger partial charge in [0.25, 0.3) is 10.3 Å². The lowest BCUT2D eigenvalue weighted by Gasteiger charge is -2.16. The van der Waals surface area contributed by atoms with Gasteiger partial charge >= 0.3 is 0 Å². The molecular formula is C18H20Br2N4O3. The standard InChI is InChI=1S/C9H9BrN2O3.C9H11BrN2/c10-9-5-8(12(14)15)6-3-1-2-4-7(6)11(9)13;10-9-5-7(11)6-3-1-2-4-8(6)12-9/h5H,1-4H2;5H,1-4H2,(H2,11,12).